The molecule has 1 unspecified atom stereocenters. The molecule has 1 fully saturated rings. The van der Waals surface area contributed by atoms with E-state index in [0.717, 1.165) is 15.7 Å². The van der Waals surface area contributed by atoms with Crippen LogP contribution in [0.2, 0.25) is 0 Å². The number of carbonyl (C=O) groups is 2. The number of anilines is 1. The van der Waals surface area contributed by atoms with Crippen LogP contribution in [0.15, 0.2) is 35.4 Å². The van der Waals surface area contributed by atoms with Gasteiger partial charge in [-0.05, 0) is 24.5 Å². The first-order valence-corrected chi connectivity index (χ1v) is 11.5. The number of aromatic nitrogens is 3. The average molecular weight is 539 g/mol. The summed E-state index contributed by atoms with van der Waals surface area (Å²) >= 11 is 0. The summed E-state index contributed by atoms with van der Waals surface area (Å²) in [6, 6.07) is 0.644. The van der Waals surface area contributed by atoms with Gasteiger partial charge in [0.15, 0.2) is 17.3 Å². The maximum absolute atomic E-state index is 14.7. The number of alkyl halides is 3. The van der Waals surface area contributed by atoms with Crippen molar-refractivity contribution in [3.63, 3.8) is 0 Å². The minimum atomic E-state index is -4.80. The molecule has 3 aromatic heterocycles. The maximum Gasteiger partial charge on any atom is 0.408 e. The Labute approximate surface area is 211 Å². The lowest BCUT2D eigenvalue weighted by Gasteiger charge is -2.23. The predicted molar refractivity (Wildman–Crippen MR) is 125 cm³/mol. The second-order valence-corrected chi connectivity index (χ2v) is 9.30. The Morgan fingerprint density at radius 1 is 1.24 bits per heavy atom. The molecule has 4 rings (SSSR count). The van der Waals surface area contributed by atoms with Gasteiger partial charge in [-0.2, -0.15) is 13.2 Å². The fourth-order valence-electron chi connectivity index (χ4n) is 4.14. The molecule has 2 amide bonds. The number of β-amino-alcohol motifs (C(OH)–C–C–N with tert-alkyl or cyclic N) is 1. The van der Waals surface area contributed by atoms with Gasteiger partial charge in [-0.25, -0.2) is 18.7 Å². The third-order valence-corrected chi connectivity index (χ3v) is 5.89. The van der Waals surface area contributed by atoms with Crippen molar-refractivity contribution in [3.05, 3.63) is 58.0 Å². The van der Waals surface area contributed by atoms with Gasteiger partial charge in [0.25, 0.3) is 5.91 Å². The molecule has 1 aliphatic rings. The van der Waals surface area contributed by atoms with Crippen LogP contribution in [0.1, 0.15) is 37.0 Å². The lowest BCUT2D eigenvalue weighted by molar-refractivity contribution is -0.156. The number of nitrogens with one attached hydrogen (secondary N) is 1. The summed E-state index contributed by atoms with van der Waals surface area (Å²) in [5, 5.41) is 11.3. The zero-order valence-electron chi connectivity index (χ0n) is 20.1. The summed E-state index contributed by atoms with van der Waals surface area (Å²) in [5.74, 6) is -5.13. The second kappa shape index (κ2) is 10.1. The van der Waals surface area contributed by atoms with Crippen LogP contribution in [0.5, 0.6) is 0 Å². The van der Waals surface area contributed by atoms with Gasteiger partial charge in [0, 0.05) is 12.3 Å². The first kappa shape index (κ1) is 27.1. The first-order valence-electron chi connectivity index (χ1n) is 11.5. The Balaban J connectivity index is 1.90. The number of hydrogen-bond donors (Lipinski definition) is 2. The van der Waals surface area contributed by atoms with Crippen LogP contribution in [0.25, 0.3) is 16.9 Å². The molecule has 202 valence electrons. The van der Waals surface area contributed by atoms with Gasteiger partial charge >= 0.3 is 6.18 Å². The molecule has 1 aliphatic heterocycles. The summed E-state index contributed by atoms with van der Waals surface area (Å²) in [6.07, 6.45) is -4.96. The third kappa shape index (κ3) is 5.35. The number of nitrogens with zero attached hydrogens (tertiary/aromatic N) is 4. The van der Waals surface area contributed by atoms with Crippen molar-refractivity contribution in [2.24, 2.45) is 5.92 Å². The summed E-state index contributed by atoms with van der Waals surface area (Å²) in [7, 11) is 0. The number of carbonyl (C=O) groups excluding carboxylic acids is 2. The van der Waals surface area contributed by atoms with Gasteiger partial charge in [-0.1, -0.05) is 13.8 Å². The van der Waals surface area contributed by atoms with Crippen LogP contribution in [0.4, 0.5) is 27.8 Å². The van der Waals surface area contributed by atoms with E-state index in [4.69, 9.17) is 0 Å². The number of aliphatic hydroxyl groups is 1. The van der Waals surface area contributed by atoms with E-state index in [0.29, 0.717) is 12.3 Å². The Morgan fingerprint density at radius 3 is 2.53 bits per heavy atom. The molecule has 14 heteroatoms. The molecule has 2 N–H and O–H groups in total. The standard InChI is InChI=1S/C24H22F5N5O4/c1-11(2)5-17(24(27,28)29)31-23(38)15-10-34(22-16(26)6-12(25)8-30-22)21-14(20(15)37)3-4-18(32-21)33-9-13(35)7-19(33)36/h3-4,6,8,10-11,13,17,35H,5,7,9H2,1-2H3,(H,31,38)/t13-,17?/m0/s1. The van der Waals surface area contributed by atoms with Gasteiger partial charge in [0.2, 0.25) is 11.3 Å². The Kier molecular flexibility index (Phi) is 7.19. The van der Waals surface area contributed by atoms with E-state index < -0.39 is 70.9 Å². The van der Waals surface area contributed by atoms with Crippen LogP contribution in [0.3, 0.4) is 0 Å². The van der Waals surface area contributed by atoms with E-state index >= 15 is 0 Å². The Bertz CT molecular complexity index is 1470. The number of aliphatic hydroxyl groups excluding tert-OH is 1. The molecule has 3 aromatic rings. The zero-order valence-corrected chi connectivity index (χ0v) is 20.1. The molecule has 0 aromatic carbocycles. The molecular formula is C24H22F5N5O4. The van der Waals surface area contributed by atoms with Gasteiger partial charge in [-0.3, -0.25) is 23.9 Å². The van der Waals surface area contributed by atoms with Gasteiger partial charge in [0.1, 0.15) is 23.2 Å². The number of rotatable bonds is 6. The molecule has 1 saturated heterocycles. The van der Waals surface area contributed by atoms with E-state index in [2.05, 4.69) is 9.97 Å². The molecule has 4 heterocycles. The van der Waals surface area contributed by atoms with Crippen molar-refractivity contribution < 1.29 is 36.6 Å². The highest BCUT2D eigenvalue weighted by molar-refractivity contribution is 5.99. The van der Waals surface area contributed by atoms with E-state index in [1.807, 2.05) is 5.32 Å². The summed E-state index contributed by atoms with van der Waals surface area (Å²) in [5.41, 5.74) is -2.07. The highest BCUT2D eigenvalue weighted by atomic mass is 19.4. The van der Waals surface area contributed by atoms with Crippen molar-refractivity contribution in [2.75, 3.05) is 11.4 Å². The van der Waals surface area contributed by atoms with Gasteiger partial charge < -0.3 is 10.4 Å². The van der Waals surface area contributed by atoms with Crippen molar-refractivity contribution in [1.29, 1.82) is 0 Å². The van der Waals surface area contributed by atoms with Crippen LogP contribution >= 0.6 is 0 Å². The van der Waals surface area contributed by atoms with Crippen molar-refractivity contribution in [2.45, 2.75) is 45.0 Å². The molecule has 0 bridgehead atoms. The first-order chi connectivity index (χ1) is 17.8. The molecule has 38 heavy (non-hydrogen) atoms. The maximum atomic E-state index is 14.7. The van der Waals surface area contributed by atoms with Crippen LogP contribution in [0, 0.1) is 17.6 Å². The average Bonchev–Trinajstić information content (AvgIpc) is 3.16. The van der Waals surface area contributed by atoms with E-state index in [9.17, 15) is 41.4 Å². The van der Waals surface area contributed by atoms with Crippen LogP contribution < -0.4 is 15.6 Å². The van der Waals surface area contributed by atoms with Crippen LogP contribution in [-0.2, 0) is 4.79 Å². The molecule has 0 spiro atoms. The predicted octanol–water partition coefficient (Wildman–Crippen LogP) is 2.86. The Hall–Kier alpha value is -3.94. The molecule has 9 nitrogen and oxygen atoms in total. The van der Waals surface area contributed by atoms with Crippen LogP contribution in [-0.4, -0.2) is 56.3 Å². The number of pyridine rings is 3. The number of halogens is 5. The normalized spacial score (nSPS) is 16.9. The molecule has 0 saturated carbocycles. The molecule has 0 radical (unpaired) electrons. The van der Waals surface area contributed by atoms with Gasteiger partial charge in [-0.15, -0.1) is 0 Å². The molecular weight excluding hydrogens is 517 g/mol. The molecule has 0 aliphatic carbocycles. The highest BCUT2D eigenvalue weighted by Gasteiger charge is 2.41. The monoisotopic (exact) mass is 539 g/mol. The van der Waals surface area contributed by atoms with E-state index in [1.165, 1.54) is 26.0 Å². The summed E-state index contributed by atoms with van der Waals surface area (Å²) in [4.78, 5) is 47.4. The SMILES string of the molecule is CC(C)CC(NC(=O)c1cn(-c2ncc(F)cc2F)c2nc(N3C[C@@H](O)CC3=O)ccc2c1=O)C(F)(F)F. The quantitative estimate of drug-likeness (QED) is 0.466. The topological polar surface area (TPSA) is 117 Å². The Morgan fingerprint density at radius 2 is 1.95 bits per heavy atom. The largest absolute Gasteiger partial charge is 0.408 e. The lowest BCUT2D eigenvalue weighted by Crippen LogP contribution is -2.47. The fourth-order valence-corrected chi connectivity index (χ4v) is 4.14. The fraction of sp³-hybridized carbons (Fsp3) is 0.375. The molecule has 2 atom stereocenters. The van der Waals surface area contributed by atoms with Crippen molar-refractivity contribution in [3.8, 4) is 5.82 Å². The highest BCUT2D eigenvalue weighted by Crippen LogP contribution is 2.27. The van der Waals surface area contributed by atoms with E-state index in [-0.39, 0.29) is 29.8 Å². The van der Waals surface area contributed by atoms with E-state index in [1.54, 1.807) is 0 Å². The second-order valence-electron chi connectivity index (χ2n) is 9.30. The third-order valence-electron chi connectivity index (χ3n) is 5.89. The lowest BCUT2D eigenvalue weighted by atomic mass is 10.0. The smallest absolute Gasteiger partial charge is 0.391 e. The number of fused-ring (bicyclic) bond motifs is 1. The van der Waals surface area contributed by atoms with Gasteiger partial charge in [0.05, 0.1) is 30.7 Å². The zero-order chi connectivity index (χ0) is 27.9. The minimum absolute atomic E-state index is 0.0130. The summed E-state index contributed by atoms with van der Waals surface area (Å²) in [6.45, 7) is 2.97. The minimum Gasteiger partial charge on any atom is -0.391 e. The number of amides is 2. The number of hydrogen-bond acceptors (Lipinski definition) is 6. The summed E-state index contributed by atoms with van der Waals surface area (Å²) < 4.78 is 69.7. The van der Waals surface area contributed by atoms with Crippen molar-refractivity contribution >= 4 is 28.7 Å². The van der Waals surface area contributed by atoms with Crippen molar-refractivity contribution in [1.82, 2.24) is 19.9 Å².